The van der Waals surface area contributed by atoms with Crippen molar-refractivity contribution in [3.8, 4) is 0 Å². The molecule has 2 rings (SSSR count). The zero-order valence-electron chi connectivity index (χ0n) is 16.1. The quantitative estimate of drug-likeness (QED) is 0.599. The van der Waals surface area contributed by atoms with E-state index in [9.17, 15) is 0 Å². The van der Waals surface area contributed by atoms with Crippen LogP contribution in [0.5, 0.6) is 0 Å². The lowest BCUT2D eigenvalue weighted by Crippen LogP contribution is -2.46. The molecule has 0 spiro atoms. The van der Waals surface area contributed by atoms with Crippen molar-refractivity contribution >= 4 is 27.5 Å². The molecule has 4 heteroatoms. The monoisotopic (exact) mass is 348 g/mol. The molecule has 0 amide bonds. The van der Waals surface area contributed by atoms with Gasteiger partial charge >= 0.3 is 0 Å². The summed E-state index contributed by atoms with van der Waals surface area (Å²) in [5, 5.41) is 0.269. The average Bonchev–Trinajstić information content (AvgIpc) is 2.71. The molecule has 2 radical (unpaired) electrons. The second-order valence-corrected chi connectivity index (χ2v) is 14.8. The van der Waals surface area contributed by atoms with E-state index in [1.165, 1.54) is 46.6 Å². The van der Waals surface area contributed by atoms with Gasteiger partial charge in [-0.1, -0.05) is 39.9 Å². The Balaban J connectivity index is 2.33. The van der Waals surface area contributed by atoms with Crippen LogP contribution in [0.3, 0.4) is 0 Å². The maximum atomic E-state index is 6.88. The van der Waals surface area contributed by atoms with Gasteiger partial charge in [-0.05, 0) is 55.9 Å². The summed E-state index contributed by atoms with van der Waals surface area (Å²) in [4.78, 5) is 2.86. The van der Waals surface area contributed by atoms with Crippen molar-refractivity contribution in [1.82, 2.24) is 0 Å². The molecule has 0 N–H and O–H groups in total. The summed E-state index contributed by atoms with van der Waals surface area (Å²) < 4.78 is 6.88. The SMILES string of the molecule is [B]Cc1c(C)sc(C)c1C1CCCCC1O[Si](C)(C)C(C)(C)C. The third-order valence-electron chi connectivity index (χ3n) is 5.97. The van der Waals surface area contributed by atoms with Crippen molar-refractivity contribution in [2.24, 2.45) is 0 Å². The van der Waals surface area contributed by atoms with Gasteiger partial charge in [0, 0.05) is 15.7 Å². The Labute approximate surface area is 149 Å². The van der Waals surface area contributed by atoms with E-state index < -0.39 is 8.32 Å². The minimum Gasteiger partial charge on any atom is -0.413 e. The predicted octanol–water partition coefficient (Wildman–Crippen LogP) is 6.08. The summed E-state index contributed by atoms with van der Waals surface area (Å²) in [6.07, 6.45) is 6.12. The summed E-state index contributed by atoms with van der Waals surface area (Å²) in [6, 6.07) is 0. The highest BCUT2D eigenvalue weighted by Gasteiger charge is 2.42. The molecule has 0 aromatic carbocycles. The van der Waals surface area contributed by atoms with Crippen LogP contribution in [-0.2, 0) is 10.7 Å². The molecule has 128 valence electrons. The Bertz CT molecular complexity index is 544. The van der Waals surface area contributed by atoms with E-state index >= 15 is 0 Å². The van der Waals surface area contributed by atoms with Crippen LogP contribution in [0, 0.1) is 13.8 Å². The molecule has 1 aromatic heterocycles. The van der Waals surface area contributed by atoms with Crippen LogP contribution in [-0.4, -0.2) is 22.3 Å². The summed E-state index contributed by atoms with van der Waals surface area (Å²) in [7, 11) is 4.35. The van der Waals surface area contributed by atoms with E-state index in [0.717, 1.165) is 0 Å². The van der Waals surface area contributed by atoms with Gasteiger partial charge in [-0.2, -0.15) is 0 Å². The first kappa shape index (κ1) is 19.3. The zero-order valence-corrected chi connectivity index (χ0v) is 17.9. The first-order valence-corrected chi connectivity index (χ1v) is 12.8. The molecule has 2 unspecified atom stereocenters. The van der Waals surface area contributed by atoms with Crippen LogP contribution in [0.15, 0.2) is 0 Å². The lowest BCUT2D eigenvalue weighted by atomic mass is 9.78. The van der Waals surface area contributed by atoms with E-state index in [2.05, 4.69) is 47.7 Å². The van der Waals surface area contributed by atoms with Crippen molar-refractivity contribution < 1.29 is 4.43 Å². The lowest BCUT2D eigenvalue weighted by molar-refractivity contribution is 0.114. The van der Waals surface area contributed by atoms with Gasteiger partial charge in [-0.15, -0.1) is 11.3 Å². The second-order valence-electron chi connectivity index (χ2n) is 8.62. The number of hydrogen-bond donors (Lipinski definition) is 0. The van der Waals surface area contributed by atoms with Gasteiger partial charge in [0.1, 0.15) is 0 Å². The van der Waals surface area contributed by atoms with E-state index in [-0.39, 0.29) is 5.04 Å². The third kappa shape index (κ3) is 3.96. The van der Waals surface area contributed by atoms with Gasteiger partial charge in [0.05, 0.1) is 14.0 Å². The Morgan fingerprint density at radius 2 is 1.74 bits per heavy atom. The Hall–Kier alpha value is -0.0582. The van der Waals surface area contributed by atoms with Crippen LogP contribution in [0.2, 0.25) is 18.1 Å². The smallest absolute Gasteiger partial charge is 0.192 e. The minimum atomic E-state index is -1.73. The van der Waals surface area contributed by atoms with E-state index in [4.69, 9.17) is 12.3 Å². The molecule has 0 aliphatic heterocycles. The fraction of sp³-hybridized carbons (Fsp3) is 0.789. The maximum absolute atomic E-state index is 6.88. The second kappa shape index (κ2) is 7.05. The molecular formula is C19H33BOSSi. The molecule has 1 nitrogen and oxygen atoms in total. The molecule has 0 saturated heterocycles. The fourth-order valence-corrected chi connectivity index (χ4v) is 6.16. The molecule has 1 saturated carbocycles. The van der Waals surface area contributed by atoms with Gasteiger partial charge in [0.2, 0.25) is 0 Å². The van der Waals surface area contributed by atoms with Crippen molar-refractivity contribution in [2.45, 2.75) is 96.8 Å². The molecule has 23 heavy (non-hydrogen) atoms. The highest BCUT2D eigenvalue weighted by molar-refractivity contribution is 7.12. The van der Waals surface area contributed by atoms with Gasteiger partial charge in [-0.3, -0.25) is 0 Å². The fourth-order valence-electron chi connectivity index (χ4n) is 3.61. The average molecular weight is 348 g/mol. The van der Waals surface area contributed by atoms with Gasteiger partial charge < -0.3 is 4.43 Å². The highest BCUT2D eigenvalue weighted by atomic mass is 32.1. The number of aryl methyl sites for hydroxylation is 2. The van der Waals surface area contributed by atoms with Crippen molar-refractivity contribution in [3.05, 3.63) is 20.9 Å². The molecule has 1 aliphatic rings. The maximum Gasteiger partial charge on any atom is 0.192 e. The number of rotatable bonds is 4. The topological polar surface area (TPSA) is 9.23 Å². The molecule has 1 heterocycles. The molecule has 0 bridgehead atoms. The molecule has 1 aromatic rings. The summed E-state index contributed by atoms with van der Waals surface area (Å²) >= 11 is 1.92. The predicted molar refractivity (Wildman–Crippen MR) is 107 cm³/mol. The van der Waals surface area contributed by atoms with Crippen molar-refractivity contribution in [1.29, 1.82) is 0 Å². The van der Waals surface area contributed by atoms with Gasteiger partial charge in [0.15, 0.2) is 8.32 Å². The van der Waals surface area contributed by atoms with Crippen LogP contribution in [0.25, 0.3) is 0 Å². The first-order valence-electron chi connectivity index (χ1n) is 9.05. The van der Waals surface area contributed by atoms with Gasteiger partial charge in [-0.25, -0.2) is 0 Å². The molecule has 2 atom stereocenters. The molecular weight excluding hydrogens is 315 g/mol. The number of hydrogen-bond acceptors (Lipinski definition) is 2. The largest absolute Gasteiger partial charge is 0.413 e. The summed E-state index contributed by atoms with van der Waals surface area (Å²) in [5.74, 6) is 0.543. The minimum absolute atomic E-state index is 0.269. The van der Waals surface area contributed by atoms with Crippen LogP contribution in [0.1, 0.15) is 73.3 Å². The Kier molecular flexibility index (Phi) is 5.91. The molecule has 1 aliphatic carbocycles. The Morgan fingerprint density at radius 3 is 2.30 bits per heavy atom. The van der Waals surface area contributed by atoms with E-state index in [1.54, 1.807) is 0 Å². The first-order chi connectivity index (χ1) is 10.6. The summed E-state index contributed by atoms with van der Waals surface area (Å²) in [5.41, 5.74) is 2.92. The van der Waals surface area contributed by atoms with E-state index in [0.29, 0.717) is 18.3 Å². The van der Waals surface area contributed by atoms with Crippen molar-refractivity contribution in [3.63, 3.8) is 0 Å². The Morgan fingerprint density at radius 1 is 1.13 bits per heavy atom. The van der Waals surface area contributed by atoms with Crippen LogP contribution < -0.4 is 0 Å². The van der Waals surface area contributed by atoms with Crippen LogP contribution in [0.4, 0.5) is 0 Å². The summed E-state index contributed by atoms with van der Waals surface area (Å²) in [6.45, 7) is 16.3. The van der Waals surface area contributed by atoms with E-state index in [1.807, 2.05) is 11.3 Å². The van der Waals surface area contributed by atoms with Gasteiger partial charge in [0.25, 0.3) is 0 Å². The normalized spacial score (nSPS) is 23.3. The molecule has 1 fully saturated rings. The highest BCUT2D eigenvalue weighted by Crippen LogP contribution is 2.45. The third-order valence-corrected chi connectivity index (χ3v) is 11.5. The number of thiophene rings is 1. The van der Waals surface area contributed by atoms with Crippen LogP contribution >= 0.6 is 11.3 Å². The van der Waals surface area contributed by atoms with Crippen molar-refractivity contribution in [2.75, 3.05) is 0 Å². The lowest BCUT2D eigenvalue weighted by Gasteiger charge is -2.43. The zero-order chi connectivity index (χ0) is 17.4. The standard InChI is InChI=1S/C19H33BOSSi/c1-13-16(12-20)18(14(2)22-13)15-10-8-9-11-17(15)21-23(6,7)19(3,4)5/h15,17H,8-12H2,1-7H3.